The maximum Gasteiger partial charge on any atom is 0.233 e. The average Bonchev–Trinajstić information content (AvgIpc) is 2.37. The van der Waals surface area contributed by atoms with Crippen LogP contribution in [0.2, 0.25) is 0 Å². The van der Waals surface area contributed by atoms with E-state index in [0.717, 1.165) is 19.3 Å². The highest BCUT2D eigenvalue weighted by Crippen LogP contribution is 2.21. The highest BCUT2D eigenvalue weighted by atomic mass is 32.1. The third-order valence-corrected chi connectivity index (χ3v) is 4.42. The second kappa shape index (κ2) is 5.79. The third-order valence-electron chi connectivity index (χ3n) is 3.59. The van der Waals surface area contributed by atoms with Crippen LogP contribution in [-0.2, 0) is 17.6 Å². The Bertz CT molecular complexity index is 430. The lowest BCUT2D eigenvalue weighted by atomic mass is 9.88. The van der Waals surface area contributed by atoms with Crippen LogP contribution in [0.15, 0.2) is 24.3 Å². The van der Waals surface area contributed by atoms with E-state index in [-0.39, 0.29) is 23.1 Å². The lowest BCUT2D eigenvalue weighted by Gasteiger charge is -2.27. The molecule has 1 aliphatic carbocycles. The number of benzene rings is 1. The molecule has 0 saturated heterocycles. The number of nitrogens with one attached hydrogen (secondary N) is 1. The lowest BCUT2D eigenvalue weighted by molar-refractivity contribution is -0.121. The first-order chi connectivity index (χ1) is 8.58. The minimum Gasteiger partial charge on any atom is -0.352 e. The summed E-state index contributed by atoms with van der Waals surface area (Å²) < 4.78 is 0. The Kier molecular flexibility index (Phi) is 4.33. The second-order valence-corrected chi connectivity index (χ2v) is 5.96. The van der Waals surface area contributed by atoms with Crippen LogP contribution in [0.5, 0.6) is 0 Å². The maximum atomic E-state index is 12.0. The predicted octanol–water partition coefficient (Wildman–Crippen LogP) is 2.61. The van der Waals surface area contributed by atoms with Crippen molar-refractivity contribution in [2.24, 2.45) is 5.92 Å². The Labute approximate surface area is 115 Å². The molecule has 1 amide bonds. The van der Waals surface area contributed by atoms with Gasteiger partial charge < -0.3 is 5.32 Å². The van der Waals surface area contributed by atoms with Gasteiger partial charge in [0.05, 0.1) is 5.25 Å². The minimum atomic E-state index is -0.206. The van der Waals surface area contributed by atoms with Crippen molar-refractivity contribution in [1.82, 2.24) is 5.32 Å². The van der Waals surface area contributed by atoms with Crippen molar-refractivity contribution < 1.29 is 4.79 Å². The molecule has 0 heterocycles. The first kappa shape index (κ1) is 13.5. The quantitative estimate of drug-likeness (QED) is 0.807. The molecular weight excluding hydrogens is 242 g/mol. The topological polar surface area (TPSA) is 29.1 Å². The van der Waals surface area contributed by atoms with Crippen LogP contribution >= 0.6 is 12.6 Å². The number of carbonyl (C=O) groups is 1. The number of aryl methyl sites for hydroxylation is 1. The fourth-order valence-electron chi connectivity index (χ4n) is 2.41. The molecule has 3 heteroatoms. The van der Waals surface area contributed by atoms with Gasteiger partial charge >= 0.3 is 0 Å². The van der Waals surface area contributed by atoms with Gasteiger partial charge in [-0.2, -0.15) is 12.6 Å². The predicted molar refractivity (Wildman–Crippen MR) is 78.0 cm³/mol. The highest BCUT2D eigenvalue weighted by Gasteiger charge is 2.23. The maximum absolute atomic E-state index is 12.0. The molecule has 1 aromatic rings. The van der Waals surface area contributed by atoms with Gasteiger partial charge in [-0.3, -0.25) is 4.79 Å². The van der Waals surface area contributed by atoms with Gasteiger partial charge in [0, 0.05) is 6.04 Å². The van der Waals surface area contributed by atoms with E-state index in [0.29, 0.717) is 0 Å². The smallest absolute Gasteiger partial charge is 0.233 e. The Hall–Kier alpha value is -0.960. The largest absolute Gasteiger partial charge is 0.352 e. The molecule has 2 rings (SSSR count). The molecule has 0 fully saturated rings. The number of amides is 1. The molecule has 98 valence electrons. The van der Waals surface area contributed by atoms with E-state index in [1.165, 1.54) is 11.1 Å². The van der Waals surface area contributed by atoms with E-state index in [9.17, 15) is 4.79 Å². The molecule has 0 spiro atoms. The van der Waals surface area contributed by atoms with Gasteiger partial charge in [-0.15, -0.1) is 0 Å². The van der Waals surface area contributed by atoms with Crippen LogP contribution in [0, 0.1) is 5.92 Å². The van der Waals surface area contributed by atoms with Crippen molar-refractivity contribution in [3.8, 4) is 0 Å². The van der Waals surface area contributed by atoms with Gasteiger partial charge in [-0.25, -0.2) is 0 Å². The highest BCUT2D eigenvalue weighted by molar-refractivity contribution is 7.81. The van der Waals surface area contributed by atoms with E-state index in [1.807, 2.05) is 13.8 Å². The van der Waals surface area contributed by atoms with Crippen molar-refractivity contribution >= 4 is 18.5 Å². The Morgan fingerprint density at radius 3 is 2.67 bits per heavy atom. The number of thiol groups is 1. The monoisotopic (exact) mass is 263 g/mol. The second-order valence-electron chi connectivity index (χ2n) is 5.41. The average molecular weight is 263 g/mol. The Morgan fingerprint density at radius 1 is 1.33 bits per heavy atom. The number of rotatable bonds is 3. The van der Waals surface area contributed by atoms with Crippen molar-refractivity contribution in [3.63, 3.8) is 0 Å². The zero-order valence-corrected chi connectivity index (χ0v) is 11.9. The summed E-state index contributed by atoms with van der Waals surface area (Å²) in [5, 5.41) is 2.92. The summed E-state index contributed by atoms with van der Waals surface area (Å²) >= 11 is 4.36. The zero-order chi connectivity index (χ0) is 13.1. The van der Waals surface area contributed by atoms with Gasteiger partial charge in [-0.1, -0.05) is 38.1 Å². The van der Waals surface area contributed by atoms with Crippen molar-refractivity contribution in [2.45, 2.75) is 44.4 Å². The number of fused-ring (bicyclic) bond motifs is 1. The minimum absolute atomic E-state index is 0.0673. The Balaban J connectivity index is 1.96. The van der Waals surface area contributed by atoms with Crippen LogP contribution in [0.3, 0.4) is 0 Å². The molecule has 1 N–H and O–H groups in total. The van der Waals surface area contributed by atoms with E-state index >= 15 is 0 Å². The number of hydrogen-bond donors (Lipinski definition) is 2. The van der Waals surface area contributed by atoms with E-state index < -0.39 is 0 Å². The molecule has 0 bridgehead atoms. The van der Waals surface area contributed by atoms with Crippen LogP contribution < -0.4 is 5.32 Å². The van der Waals surface area contributed by atoms with Crippen LogP contribution in [0.25, 0.3) is 0 Å². The van der Waals surface area contributed by atoms with Gasteiger partial charge in [0.1, 0.15) is 0 Å². The first-order valence-corrected chi connectivity index (χ1v) is 7.15. The van der Waals surface area contributed by atoms with Crippen molar-refractivity contribution in [2.75, 3.05) is 0 Å². The van der Waals surface area contributed by atoms with E-state index in [2.05, 4.69) is 42.2 Å². The van der Waals surface area contributed by atoms with Gasteiger partial charge in [0.25, 0.3) is 0 Å². The van der Waals surface area contributed by atoms with Crippen LogP contribution in [-0.4, -0.2) is 17.2 Å². The molecule has 1 aliphatic rings. The first-order valence-electron chi connectivity index (χ1n) is 6.63. The zero-order valence-electron chi connectivity index (χ0n) is 11.0. The van der Waals surface area contributed by atoms with E-state index in [1.54, 1.807) is 0 Å². The Morgan fingerprint density at radius 2 is 2.00 bits per heavy atom. The molecule has 2 atom stereocenters. The summed E-state index contributed by atoms with van der Waals surface area (Å²) in [6.45, 7) is 4.04. The molecule has 0 aliphatic heterocycles. The third kappa shape index (κ3) is 3.08. The fourth-order valence-corrected chi connectivity index (χ4v) is 2.48. The normalized spacial score (nSPS) is 20.3. The van der Waals surface area contributed by atoms with Crippen LogP contribution in [0.4, 0.5) is 0 Å². The van der Waals surface area contributed by atoms with E-state index in [4.69, 9.17) is 0 Å². The standard InChI is InChI=1S/C15H21NOS/c1-10(2)14(18)15(17)16-13-8-7-11-5-3-4-6-12(11)9-13/h3-6,10,13-14,18H,7-9H2,1-2H3,(H,16,17). The SMILES string of the molecule is CC(C)C(S)C(=O)NC1CCc2ccccc2C1. The summed E-state index contributed by atoms with van der Waals surface area (Å²) in [5.41, 5.74) is 2.79. The molecule has 0 radical (unpaired) electrons. The molecular formula is C15H21NOS. The lowest BCUT2D eigenvalue weighted by Crippen LogP contribution is -2.43. The van der Waals surface area contributed by atoms with Gasteiger partial charge in [0.15, 0.2) is 0 Å². The molecule has 0 saturated carbocycles. The molecule has 2 nitrogen and oxygen atoms in total. The summed E-state index contributed by atoms with van der Waals surface area (Å²) in [6, 6.07) is 8.76. The van der Waals surface area contributed by atoms with Gasteiger partial charge in [-0.05, 0) is 36.3 Å². The molecule has 1 aromatic carbocycles. The fraction of sp³-hybridized carbons (Fsp3) is 0.533. The summed E-state index contributed by atoms with van der Waals surface area (Å²) in [5.74, 6) is 0.335. The summed E-state index contributed by atoms with van der Waals surface area (Å²) in [7, 11) is 0. The summed E-state index contributed by atoms with van der Waals surface area (Å²) in [4.78, 5) is 12.0. The number of hydrogen-bond acceptors (Lipinski definition) is 2. The summed E-state index contributed by atoms with van der Waals surface area (Å²) in [6.07, 6.45) is 3.03. The molecule has 2 unspecified atom stereocenters. The molecule has 0 aromatic heterocycles. The van der Waals surface area contributed by atoms with Crippen LogP contribution in [0.1, 0.15) is 31.4 Å². The van der Waals surface area contributed by atoms with Crippen molar-refractivity contribution in [1.29, 1.82) is 0 Å². The van der Waals surface area contributed by atoms with Gasteiger partial charge in [0.2, 0.25) is 5.91 Å². The molecule has 18 heavy (non-hydrogen) atoms. The van der Waals surface area contributed by atoms with Crippen molar-refractivity contribution in [3.05, 3.63) is 35.4 Å². The number of carbonyl (C=O) groups excluding carboxylic acids is 1.